The number of carbonyl (C=O) groups excluding carboxylic acids is 4. The van der Waals surface area contributed by atoms with Crippen molar-refractivity contribution in [2.24, 2.45) is 10.7 Å². The number of hydrogen-bond acceptors (Lipinski definition) is 20. The van der Waals surface area contributed by atoms with E-state index in [-0.39, 0.29) is 40.3 Å². The molecule has 13 heterocycles. The van der Waals surface area contributed by atoms with Crippen LogP contribution in [0.25, 0.3) is 44.6 Å². The molecular weight excluding hydrogens is 1680 g/mol. The lowest BCUT2D eigenvalue weighted by atomic mass is 9.67. The number of likely N-dealkylation sites (tertiary alicyclic amines) is 3. The fourth-order valence-electron chi connectivity index (χ4n) is 16.2. The van der Waals surface area contributed by atoms with Gasteiger partial charge in [0, 0.05) is 171 Å². The topological polar surface area (TPSA) is 274 Å². The van der Waals surface area contributed by atoms with Crippen molar-refractivity contribution in [1.29, 1.82) is 16.2 Å². The summed E-state index contributed by atoms with van der Waals surface area (Å²) in [4.78, 5) is 89.0. The number of hydrogen-bond donors (Lipinski definition) is 4. The van der Waals surface area contributed by atoms with Crippen molar-refractivity contribution in [2.45, 2.75) is 145 Å². The number of likely N-dealkylation sites (N-methyl/N-ethyl adjacent to an activating group) is 3. The molecule has 3 saturated heterocycles. The number of ether oxygens (including phenoxy) is 2. The Hall–Kier alpha value is -12.3. The Balaban J connectivity index is 0.000000142. The van der Waals surface area contributed by atoms with Gasteiger partial charge in [0.1, 0.15) is 51.4 Å². The molecule has 123 heavy (non-hydrogen) atoms. The Kier molecular flexibility index (Phi) is 26.7. The number of amides is 4. The van der Waals surface area contributed by atoms with Crippen molar-refractivity contribution < 1.29 is 28.7 Å². The highest BCUT2D eigenvalue weighted by molar-refractivity contribution is 9.10. The number of rotatable bonds is 13. The maximum absolute atomic E-state index is 13.5. The molecule has 20 nitrogen and oxygen atoms in total. The molecular formula is C98H95BrN14O6S4. The first-order chi connectivity index (χ1) is 58.9. The van der Waals surface area contributed by atoms with Gasteiger partial charge in [-0.1, -0.05) is 123 Å². The van der Waals surface area contributed by atoms with Gasteiger partial charge in [-0.05, 0) is 174 Å². The number of carbonyl (C=O) groups is 4. The normalized spacial score (nSPS) is 21.5. The molecule has 8 atom stereocenters. The maximum atomic E-state index is 13.5. The molecule has 8 aromatic heterocycles. The second-order valence-corrected chi connectivity index (χ2v) is 36.6. The summed E-state index contributed by atoms with van der Waals surface area (Å²) in [6.07, 6.45) is 14.6. The summed E-state index contributed by atoms with van der Waals surface area (Å²) in [5.74, 6) is 25.5. The van der Waals surface area contributed by atoms with E-state index < -0.39 is 33.6 Å². The average Bonchev–Trinajstić information content (AvgIpc) is 1.76. The van der Waals surface area contributed by atoms with Crippen LogP contribution in [0.4, 0.5) is 0 Å². The number of thiophene rings is 4. The molecule has 0 spiro atoms. The molecule has 5 N–H and O–H groups in total. The molecule has 0 bridgehead atoms. The van der Waals surface area contributed by atoms with Crippen LogP contribution in [0, 0.1) is 63.6 Å². The highest BCUT2D eigenvalue weighted by Crippen LogP contribution is 2.53. The molecule has 3 aromatic carbocycles. The SMILES string of the molecule is CC#Cc1cc(-c2csc([C@@]3(C)CC(=N)N(C)C(=O)[C@@H]3c3ccc(C(C)C)cc3)c2)ncn1.CC#Cc1cncc(-c2csc([C@@]3(C)CC(=N)N(C)C(=O)C3c3ccc(OC)cc3)c2)c1.CC#Cc1cncc(-c2csc([C@@]3(C)CC(=N)N(C)C(=O)[C@@H]3Br)c2)c1.CC#Cc1cncc(-c2csc([C@@]3(C)N=C(N)N(C)C(=O)[C@@H]3c3ccc4c(c3)CCO4)c2)c1. The van der Waals surface area contributed by atoms with E-state index >= 15 is 0 Å². The average molecular weight is 1770 g/mol. The lowest BCUT2D eigenvalue weighted by Gasteiger charge is -2.44. The molecule has 1 unspecified atom stereocenters. The van der Waals surface area contributed by atoms with Gasteiger partial charge in [0.05, 0.1) is 37.2 Å². The van der Waals surface area contributed by atoms with E-state index in [0.29, 0.717) is 55.0 Å². The number of nitrogens with two attached hydrogens (primary N) is 1. The minimum atomic E-state index is -0.835. The van der Waals surface area contributed by atoms with Crippen molar-refractivity contribution in [3.63, 3.8) is 0 Å². The van der Waals surface area contributed by atoms with Crippen LogP contribution in [-0.4, -0.2) is 138 Å². The lowest BCUT2D eigenvalue weighted by molar-refractivity contribution is -0.131. The molecule has 16 rings (SSSR count). The number of benzene rings is 3. The zero-order chi connectivity index (χ0) is 88.0. The summed E-state index contributed by atoms with van der Waals surface area (Å²) in [6, 6.07) is 38.5. The molecule has 11 aromatic rings. The third-order valence-electron chi connectivity index (χ3n) is 23.4. The number of fused-ring (bicyclic) bond motifs is 1. The highest BCUT2D eigenvalue weighted by Gasteiger charge is 2.53. The van der Waals surface area contributed by atoms with E-state index in [1.807, 2.05) is 100 Å². The number of alkyl halides is 1. The zero-order valence-corrected chi connectivity index (χ0v) is 76.1. The van der Waals surface area contributed by atoms with Crippen molar-refractivity contribution in [3.8, 4) is 104 Å². The van der Waals surface area contributed by atoms with Crippen molar-refractivity contribution in [3.05, 3.63) is 250 Å². The zero-order valence-electron chi connectivity index (χ0n) is 71.3. The minimum Gasteiger partial charge on any atom is -0.497 e. The van der Waals surface area contributed by atoms with Crippen molar-refractivity contribution >= 4 is 108 Å². The number of nitrogens with one attached hydrogen (secondary N) is 3. The van der Waals surface area contributed by atoms with Crippen LogP contribution in [0.1, 0.15) is 182 Å². The Morgan fingerprint density at radius 2 is 0.919 bits per heavy atom. The summed E-state index contributed by atoms with van der Waals surface area (Å²) >= 11 is 10.0. The van der Waals surface area contributed by atoms with E-state index in [1.54, 1.807) is 120 Å². The number of aliphatic imine (C=N–C) groups is 1. The van der Waals surface area contributed by atoms with Crippen LogP contribution in [0.5, 0.6) is 11.5 Å². The Morgan fingerprint density at radius 3 is 1.40 bits per heavy atom. The van der Waals surface area contributed by atoms with E-state index in [1.165, 1.54) is 31.5 Å². The van der Waals surface area contributed by atoms with E-state index in [4.69, 9.17) is 36.4 Å². The highest BCUT2D eigenvalue weighted by atomic mass is 79.9. The van der Waals surface area contributed by atoms with Gasteiger partial charge in [0.2, 0.25) is 23.6 Å². The first-order valence-corrected chi connectivity index (χ1v) is 44.4. The molecule has 5 aliphatic heterocycles. The number of methoxy groups -OCH3 is 1. The molecule has 3 fully saturated rings. The van der Waals surface area contributed by atoms with Gasteiger partial charge in [0.25, 0.3) is 0 Å². The summed E-state index contributed by atoms with van der Waals surface area (Å²) < 4.78 is 11.0. The Bertz CT molecular complexity index is 6260. The van der Waals surface area contributed by atoms with Gasteiger partial charge in [-0.3, -0.25) is 55.3 Å². The van der Waals surface area contributed by atoms with Crippen LogP contribution >= 0.6 is 61.3 Å². The molecule has 0 aliphatic carbocycles. The maximum Gasteiger partial charge on any atom is 0.242 e. The molecule has 624 valence electrons. The van der Waals surface area contributed by atoms with Crippen molar-refractivity contribution in [2.75, 3.05) is 41.9 Å². The van der Waals surface area contributed by atoms with Crippen LogP contribution in [0.3, 0.4) is 0 Å². The van der Waals surface area contributed by atoms with Gasteiger partial charge in [-0.2, -0.15) is 0 Å². The monoisotopic (exact) mass is 1770 g/mol. The number of aromatic nitrogens is 5. The van der Waals surface area contributed by atoms with Crippen LogP contribution < -0.4 is 15.2 Å². The third kappa shape index (κ3) is 18.1. The second kappa shape index (κ2) is 37.2. The number of guanidine groups is 1. The number of amidine groups is 3. The largest absolute Gasteiger partial charge is 0.497 e. The van der Waals surface area contributed by atoms with Gasteiger partial charge < -0.3 is 29.9 Å². The second-order valence-electron chi connectivity index (χ2n) is 32.0. The number of nitrogens with zero attached hydrogens (tertiary/aromatic N) is 10. The van der Waals surface area contributed by atoms with E-state index in [9.17, 15) is 19.2 Å². The first-order valence-electron chi connectivity index (χ1n) is 40.0. The molecule has 4 amide bonds. The summed E-state index contributed by atoms with van der Waals surface area (Å²) in [6.45, 7) is 20.4. The first kappa shape index (κ1) is 88.5. The molecule has 25 heteroatoms. The quantitative estimate of drug-likeness (QED) is 0.0620. The molecule has 5 aliphatic rings. The van der Waals surface area contributed by atoms with E-state index in [2.05, 4.69) is 192 Å². The van der Waals surface area contributed by atoms with Crippen LogP contribution in [-0.2, 0) is 47.4 Å². The number of halogens is 1. The number of pyridine rings is 3. The van der Waals surface area contributed by atoms with Crippen LogP contribution in [0.15, 0.2) is 185 Å². The molecule has 0 radical (unpaired) electrons. The smallest absolute Gasteiger partial charge is 0.242 e. The van der Waals surface area contributed by atoms with Crippen LogP contribution in [0.2, 0.25) is 0 Å². The predicted octanol–water partition coefficient (Wildman–Crippen LogP) is 18.6. The summed E-state index contributed by atoms with van der Waals surface area (Å²) in [7, 11) is 8.35. The lowest BCUT2D eigenvalue weighted by Crippen LogP contribution is -2.54. The third-order valence-corrected chi connectivity index (χ3v) is 29.6. The predicted molar refractivity (Wildman–Crippen MR) is 497 cm³/mol. The van der Waals surface area contributed by atoms with Gasteiger partial charge in [0.15, 0.2) is 5.96 Å². The van der Waals surface area contributed by atoms with E-state index in [0.717, 1.165) is 121 Å². The van der Waals surface area contributed by atoms with Gasteiger partial charge >= 0.3 is 0 Å². The van der Waals surface area contributed by atoms with Gasteiger partial charge in [-0.25, -0.2) is 15.0 Å². The summed E-state index contributed by atoms with van der Waals surface area (Å²) in [5.41, 5.74) is 20.3. The standard InChI is InChI=1S/C27H28N4OS.C26H24N4O2S.C26H25N3O2S.C19H18BrN3OS/c1-6-7-21-13-22(30-16-29-21)20-12-23(33-15-20)27(4)14-24(28)31(5)26(32)25(27)19-10-8-18(9-11-19)17(2)3;1-4-5-16-10-19(14-28-13-16)20-12-22(33-15-20)26(2)23(24(31)30(3)25(27)29-26)18-6-7-21-17(11-18)8-9-32-21;1-5-6-17-11-19(15-28-14-17)20-12-22(32-16-20)26(2)13-23(27)29(3)25(30)24(26)18-7-9-21(31-4)10-8-18;1-4-5-12-6-13(10-22-9-12)14-7-15(25-11-14)19(2)8-16(21)23(3)18(24)17(19)20/h8-13,15-17,25,28H,14H2,1-5H3;6-7,10-15,23H,8-9H2,1-3H3,(H2,27,29);7-12,14-16,24,27H,13H2,1-4H3;6-7,9-11,17,21H,8H2,1-3H3/t25-,27+;23-,26+;24?,26-;17-,19+/m0010/s1. The van der Waals surface area contributed by atoms with Crippen molar-refractivity contribution in [1.82, 2.24) is 44.5 Å². The minimum absolute atomic E-state index is 0.0384. The fourth-order valence-corrected chi connectivity index (χ4v) is 21.5. The fraction of sp³-hybridized carbons (Fsp3) is 0.296. The summed E-state index contributed by atoms with van der Waals surface area (Å²) in [5, 5.41) is 33.4. The molecule has 0 saturated carbocycles. The number of piperidine rings is 3. The Labute approximate surface area is 743 Å². The van der Waals surface area contributed by atoms with Gasteiger partial charge in [-0.15, -0.1) is 63.1 Å². The Morgan fingerprint density at radius 1 is 0.496 bits per heavy atom.